The molecule has 1 aliphatic heterocycles. The van der Waals surface area contributed by atoms with Gasteiger partial charge in [-0.1, -0.05) is 6.42 Å². The van der Waals surface area contributed by atoms with Gasteiger partial charge in [0.05, 0.1) is 6.17 Å². The predicted molar refractivity (Wildman–Crippen MR) is 58.0 cm³/mol. The van der Waals surface area contributed by atoms with Crippen LogP contribution >= 0.6 is 12.6 Å². The highest BCUT2D eigenvalue weighted by molar-refractivity contribution is 7.80. The molecule has 0 radical (unpaired) electrons. The molecular formula is C9H20N2OS. The van der Waals surface area contributed by atoms with E-state index in [1.165, 1.54) is 19.3 Å². The number of hydrogen-bond acceptors (Lipinski definition) is 4. The van der Waals surface area contributed by atoms with Crippen molar-refractivity contribution in [1.82, 2.24) is 10.6 Å². The molecule has 13 heavy (non-hydrogen) atoms. The minimum absolute atomic E-state index is 0.215. The van der Waals surface area contributed by atoms with Crippen LogP contribution < -0.4 is 10.6 Å². The quantitative estimate of drug-likeness (QED) is 0.471. The van der Waals surface area contributed by atoms with Crippen molar-refractivity contribution in [3.63, 3.8) is 0 Å². The van der Waals surface area contributed by atoms with Crippen molar-refractivity contribution in [2.75, 3.05) is 19.4 Å². The third-order valence-corrected chi connectivity index (χ3v) is 2.71. The maximum atomic E-state index is 5.65. The first kappa shape index (κ1) is 11.3. The summed E-state index contributed by atoms with van der Waals surface area (Å²) in [5, 5.41) is 6.54. The Morgan fingerprint density at radius 2 is 2.31 bits per heavy atom. The number of hydrogen-bond donors (Lipinski definition) is 3. The molecule has 0 amide bonds. The SMILES string of the molecule is CNC(CS)NC1CCCCCO1. The highest BCUT2D eigenvalue weighted by atomic mass is 32.1. The normalized spacial score (nSPS) is 26.8. The molecule has 2 atom stereocenters. The Kier molecular flexibility index (Phi) is 5.78. The van der Waals surface area contributed by atoms with E-state index in [-0.39, 0.29) is 12.4 Å². The van der Waals surface area contributed by atoms with Gasteiger partial charge in [-0.3, -0.25) is 5.32 Å². The molecule has 1 fully saturated rings. The van der Waals surface area contributed by atoms with Crippen LogP contribution in [-0.4, -0.2) is 31.8 Å². The van der Waals surface area contributed by atoms with E-state index >= 15 is 0 Å². The number of ether oxygens (including phenoxy) is 1. The zero-order valence-electron chi connectivity index (χ0n) is 8.25. The molecule has 0 bridgehead atoms. The smallest absolute Gasteiger partial charge is 0.109 e. The first-order valence-electron chi connectivity index (χ1n) is 5.02. The molecule has 78 valence electrons. The summed E-state index contributed by atoms with van der Waals surface area (Å²) in [6, 6.07) is 0. The lowest BCUT2D eigenvalue weighted by Gasteiger charge is -2.23. The molecule has 0 aromatic carbocycles. The van der Waals surface area contributed by atoms with Gasteiger partial charge in [-0.25, -0.2) is 0 Å². The lowest BCUT2D eigenvalue weighted by Crippen LogP contribution is -2.48. The first-order valence-corrected chi connectivity index (χ1v) is 5.66. The summed E-state index contributed by atoms with van der Waals surface area (Å²) in [4.78, 5) is 0. The third-order valence-electron chi connectivity index (χ3n) is 2.35. The number of nitrogens with one attached hydrogen (secondary N) is 2. The minimum Gasteiger partial charge on any atom is -0.363 e. The number of thiol groups is 1. The standard InChI is InChI=1S/C9H20N2OS/c1-10-8(7-13)11-9-5-3-2-4-6-12-9/h8-11,13H,2-7H2,1H3. The minimum atomic E-state index is 0.215. The number of rotatable bonds is 4. The van der Waals surface area contributed by atoms with Crippen LogP contribution in [0.4, 0.5) is 0 Å². The summed E-state index contributed by atoms with van der Waals surface area (Å²) in [5.41, 5.74) is 0. The second-order valence-electron chi connectivity index (χ2n) is 3.40. The third kappa shape index (κ3) is 4.31. The molecule has 4 heteroatoms. The van der Waals surface area contributed by atoms with Crippen molar-refractivity contribution in [3.05, 3.63) is 0 Å². The van der Waals surface area contributed by atoms with Gasteiger partial charge in [-0.15, -0.1) is 0 Å². The molecule has 1 rings (SSSR count). The molecule has 2 unspecified atom stereocenters. The summed E-state index contributed by atoms with van der Waals surface area (Å²) in [6.45, 7) is 0.890. The van der Waals surface area contributed by atoms with Gasteiger partial charge < -0.3 is 10.1 Å². The molecule has 3 nitrogen and oxygen atoms in total. The Hall–Kier alpha value is 0.230. The van der Waals surface area contributed by atoms with Crippen LogP contribution in [0.1, 0.15) is 25.7 Å². The van der Waals surface area contributed by atoms with E-state index in [1.807, 2.05) is 7.05 Å². The molecular weight excluding hydrogens is 184 g/mol. The second-order valence-corrected chi connectivity index (χ2v) is 3.76. The largest absolute Gasteiger partial charge is 0.363 e. The van der Waals surface area contributed by atoms with E-state index in [2.05, 4.69) is 23.3 Å². The van der Waals surface area contributed by atoms with E-state index in [0.29, 0.717) is 0 Å². The van der Waals surface area contributed by atoms with Crippen LogP contribution in [0.15, 0.2) is 0 Å². The van der Waals surface area contributed by atoms with Crippen molar-refractivity contribution < 1.29 is 4.74 Å². The van der Waals surface area contributed by atoms with Gasteiger partial charge in [0, 0.05) is 12.4 Å². The Balaban J connectivity index is 2.24. The van der Waals surface area contributed by atoms with Crippen LogP contribution in [0.25, 0.3) is 0 Å². The fourth-order valence-corrected chi connectivity index (χ4v) is 1.79. The Bertz CT molecular complexity index is 123. The summed E-state index contributed by atoms with van der Waals surface area (Å²) in [7, 11) is 1.94. The fraction of sp³-hybridized carbons (Fsp3) is 1.00. The average molecular weight is 204 g/mol. The summed E-state index contributed by atoms with van der Waals surface area (Å²) in [6.07, 6.45) is 5.35. The highest BCUT2D eigenvalue weighted by Crippen LogP contribution is 2.11. The maximum absolute atomic E-state index is 5.65. The van der Waals surface area contributed by atoms with Crippen molar-refractivity contribution in [1.29, 1.82) is 0 Å². The first-order chi connectivity index (χ1) is 6.36. The van der Waals surface area contributed by atoms with Crippen LogP contribution in [0.5, 0.6) is 0 Å². The molecule has 0 aliphatic carbocycles. The van der Waals surface area contributed by atoms with Crippen LogP contribution in [-0.2, 0) is 4.74 Å². The van der Waals surface area contributed by atoms with E-state index in [1.54, 1.807) is 0 Å². The van der Waals surface area contributed by atoms with Crippen molar-refractivity contribution in [2.24, 2.45) is 0 Å². The molecule has 1 aliphatic rings. The lowest BCUT2D eigenvalue weighted by atomic mass is 10.2. The fourth-order valence-electron chi connectivity index (χ4n) is 1.50. The average Bonchev–Trinajstić information content (AvgIpc) is 2.42. The van der Waals surface area contributed by atoms with Gasteiger partial charge in [0.1, 0.15) is 6.23 Å². The molecule has 0 aromatic heterocycles. The topological polar surface area (TPSA) is 33.3 Å². The zero-order valence-corrected chi connectivity index (χ0v) is 9.15. The summed E-state index contributed by atoms with van der Waals surface area (Å²) < 4.78 is 5.65. The van der Waals surface area contributed by atoms with Gasteiger partial charge in [0.25, 0.3) is 0 Å². The molecule has 1 saturated heterocycles. The Morgan fingerprint density at radius 1 is 1.46 bits per heavy atom. The van der Waals surface area contributed by atoms with Crippen molar-refractivity contribution >= 4 is 12.6 Å². The Morgan fingerprint density at radius 3 is 3.00 bits per heavy atom. The van der Waals surface area contributed by atoms with Crippen molar-refractivity contribution in [2.45, 2.75) is 38.1 Å². The van der Waals surface area contributed by atoms with Crippen molar-refractivity contribution in [3.8, 4) is 0 Å². The molecule has 0 aromatic rings. The van der Waals surface area contributed by atoms with Crippen LogP contribution in [0, 0.1) is 0 Å². The highest BCUT2D eigenvalue weighted by Gasteiger charge is 2.14. The molecule has 0 saturated carbocycles. The monoisotopic (exact) mass is 204 g/mol. The van der Waals surface area contributed by atoms with E-state index in [0.717, 1.165) is 18.8 Å². The van der Waals surface area contributed by atoms with Gasteiger partial charge in [0.15, 0.2) is 0 Å². The summed E-state index contributed by atoms with van der Waals surface area (Å²) >= 11 is 4.24. The Labute approximate surface area is 86.0 Å². The van der Waals surface area contributed by atoms with E-state index in [4.69, 9.17) is 4.74 Å². The maximum Gasteiger partial charge on any atom is 0.109 e. The lowest BCUT2D eigenvalue weighted by molar-refractivity contribution is 0.0257. The van der Waals surface area contributed by atoms with Crippen LogP contribution in [0.3, 0.4) is 0 Å². The second kappa shape index (κ2) is 6.65. The van der Waals surface area contributed by atoms with E-state index < -0.39 is 0 Å². The zero-order chi connectivity index (χ0) is 9.52. The summed E-state index contributed by atoms with van der Waals surface area (Å²) in [5.74, 6) is 0.788. The van der Waals surface area contributed by atoms with Gasteiger partial charge in [0.2, 0.25) is 0 Å². The molecule has 2 N–H and O–H groups in total. The van der Waals surface area contributed by atoms with Crippen LogP contribution in [0.2, 0.25) is 0 Å². The van der Waals surface area contributed by atoms with Gasteiger partial charge in [-0.05, 0) is 26.3 Å². The molecule has 1 heterocycles. The predicted octanol–water partition coefficient (Wildman–Crippen LogP) is 0.968. The van der Waals surface area contributed by atoms with Gasteiger partial charge in [-0.2, -0.15) is 12.6 Å². The van der Waals surface area contributed by atoms with Gasteiger partial charge >= 0.3 is 0 Å². The van der Waals surface area contributed by atoms with E-state index in [9.17, 15) is 0 Å². The molecule has 0 spiro atoms.